The van der Waals surface area contributed by atoms with E-state index in [1.54, 1.807) is 0 Å². The first-order valence-corrected chi connectivity index (χ1v) is 7.27. The Bertz CT molecular complexity index is 455. The third kappa shape index (κ3) is 2.93. The van der Waals surface area contributed by atoms with Gasteiger partial charge in [0.1, 0.15) is 0 Å². The highest BCUT2D eigenvalue weighted by molar-refractivity contribution is 6.31. The summed E-state index contributed by atoms with van der Waals surface area (Å²) in [6.07, 6.45) is 2.78. The van der Waals surface area contributed by atoms with Gasteiger partial charge in [-0.1, -0.05) is 36.7 Å². The summed E-state index contributed by atoms with van der Waals surface area (Å²) in [6, 6.07) is 7.56. The topological polar surface area (TPSA) is 41.1 Å². The van der Waals surface area contributed by atoms with Gasteiger partial charge in [0.15, 0.2) is 0 Å². The maximum atomic E-state index is 12.5. The first-order chi connectivity index (χ1) is 9.09. The summed E-state index contributed by atoms with van der Waals surface area (Å²) in [6.45, 7) is 4.94. The predicted octanol–water partition coefficient (Wildman–Crippen LogP) is 3.05. The first kappa shape index (κ1) is 14.4. The van der Waals surface area contributed by atoms with E-state index in [2.05, 4.69) is 17.6 Å². The fourth-order valence-corrected chi connectivity index (χ4v) is 3.00. The van der Waals surface area contributed by atoms with Crippen molar-refractivity contribution in [2.45, 2.75) is 44.7 Å². The molecule has 3 nitrogen and oxygen atoms in total. The van der Waals surface area contributed by atoms with Gasteiger partial charge in [-0.2, -0.15) is 0 Å². The van der Waals surface area contributed by atoms with Crippen molar-refractivity contribution in [1.82, 2.24) is 10.6 Å². The van der Waals surface area contributed by atoms with Gasteiger partial charge in [-0.25, -0.2) is 0 Å². The van der Waals surface area contributed by atoms with Crippen LogP contribution in [0.2, 0.25) is 5.02 Å². The second-order valence-electron chi connectivity index (χ2n) is 5.18. The van der Waals surface area contributed by atoms with Crippen molar-refractivity contribution < 1.29 is 4.79 Å². The van der Waals surface area contributed by atoms with E-state index in [4.69, 9.17) is 11.6 Å². The minimum Gasteiger partial charge on any atom is -0.348 e. The molecule has 1 heterocycles. The molecule has 1 aliphatic rings. The van der Waals surface area contributed by atoms with Gasteiger partial charge in [0, 0.05) is 5.02 Å². The van der Waals surface area contributed by atoms with Gasteiger partial charge in [-0.3, -0.25) is 4.79 Å². The van der Waals surface area contributed by atoms with E-state index in [1.807, 2.05) is 31.2 Å². The smallest absolute Gasteiger partial charge is 0.240 e. The van der Waals surface area contributed by atoms with Gasteiger partial charge in [-0.15, -0.1) is 0 Å². The van der Waals surface area contributed by atoms with Crippen LogP contribution >= 0.6 is 11.6 Å². The molecule has 0 bridgehead atoms. The lowest BCUT2D eigenvalue weighted by atomic mass is 9.92. The molecular formula is C15H21ClN2O. The highest BCUT2D eigenvalue weighted by Crippen LogP contribution is 2.26. The molecule has 0 radical (unpaired) electrons. The van der Waals surface area contributed by atoms with E-state index in [0.717, 1.165) is 31.4 Å². The van der Waals surface area contributed by atoms with Crippen molar-refractivity contribution in [2.24, 2.45) is 0 Å². The van der Waals surface area contributed by atoms with Crippen LogP contribution in [0, 0.1) is 0 Å². The zero-order valence-corrected chi connectivity index (χ0v) is 12.3. The van der Waals surface area contributed by atoms with Crippen LogP contribution in [0.3, 0.4) is 0 Å². The van der Waals surface area contributed by atoms with Crippen LogP contribution in [-0.4, -0.2) is 18.0 Å². The van der Waals surface area contributed by atoms with Crippen molar-refractivity contribution in [3.8, 4) is 0 Å². The minimum absolute atomic E-state index is 0.0768. The monoisotopic (exact) mass is 280 g/mol. The Kier molecular flexibility index (Phi) is 4.48. The number of rotatable bonds is 4. The maximum absolute atomic E-state index is 12.5. The van der Waals surface area contributed by atoms with Crippen LogP contribution in [-0.2, 0) is 4.79 Å². The number of carbonyl (C=O) groups excluding carboxylic acids is 1. The largest absolute Gasteiger partial charge is 0.348 e. The van der Waals surface area contributed by atoms with Crippen molar-refractivity contribution in [3.63, 3.8) is 0 Å². The number of hydrogen-bond acceptors (Lipinski definition) is 2. The molecule has 0 aromatic heterocycles. The van der Waals surface area contributed by atoms with Crippen LogP contribution in [0.15, 0.2) is 24.3 Å². The Labute approximate surface area is 119 Å². The second-order valence-corrected chi connectivity index (χ2v) is 5.59. The number of amides is 1. The Morgan fingerprint density at radius 2 is 2.26 bits per heavy atom. The lowest BCUT2D eigenvalue weighted by Gasteiger charge is -2.29. The Morgan fingerprint density at radius 3 is 2.84 bits per heavy atom. The van der Waals surface area contributed by atoms with E-state index >= 15 is 0 Å². The summed E-state index contributed by atoms with van der Waals surface area (Å²) in [5.74, 6) is 0.0833. The van der Waals surface area contributed by atoms with Gasteiger partial charge < -0.3 is 10.6 Å². The van der Waals surface area contributed by atoms with Crippen LogP contribution in [0.5, 0.6) is 0 Å². The normalized spacial score (nSPS) is 24.2. The molecule has 1 fully saturated rings. The van der Waals surface area contributed by atoms with Crippen LogP contribution in [0.4, 0.5) is 0 Å². The molecule has 1 aromatic rings. The molecule has 19 heavy (non-hydrogen) atoms. The highest BCUT2D eigenvalue weighted by atomic mass is 35.5. The predicted molar refractivity (Wildman–Crippen MR) is 78.3 cm³/mol. The fourth-order valence-electron chi connectivity index (χ4n) is 2.70. The van der Waals surface area contributed by atoms with Gasteiger partial charge >= 0.3 is 0 Å². The van der Waals surface area contributed by atoms with Crippen molar-refractivity contribution in [1.29, 1.82) is 0 Å². The third-order valence-electron chi connectivity index (χ3n) is 4.00. The van der Waals surface area contributed by atoms with E-state index in [1.165, 1.54) is 0 Å². The lowest BCUT2D eigenvalue weighted by Crippen LogP contribution is -2.53. The molecule has 1 amide bonds. The maximum Gasteiger partial charge on any atom is 0.240 e. The molecule has 2 rings (SSSR count). The Balaban J connectivity index is 2.08. The van der Waals surface area contributed by atoms with E-state index in [9.17, 15) is 4.79 Å². The van der Waals surface area contributed by atoms with Crippen LogP contribution < -0.4 is 10.6 Å². The molecule has 0 spiro atoms. The standard InChI is InChI=1S/C15H21ClN2O/c1-3-15(9-6-10-17-15)14(19)18-11(2)12-7-4-5-8-13(12)16/h4-5,7-8,11,17H,3,6,9-10H2,1-2H3,(H,18,19). The number of nitrogens with one attached hydrogen (secondary N) is 2. The molecule has 0 aliphatic carbocycles. The summed E-state index contributed by atoms with van der Waals surface area (Å²) in [4.78, 5) is 12.5. The average Bonchev–Trinajstić information content (AvgIpc) is 2.89. The average molecular weight is 281 g/mol. The summed E-state index contributed by atoms with van der Waals surface area (Å²) >= 11 is 6.16. The van der Waals surface area contributed by atoms with Crippen molar-refractivity contribution in [3.05, 3.63) is 34.9 Å². The molecule has 2 unspecified atom stereocenters. The van der Waals surface area contributed by atoms with E-state index < -0.39 is 5.54 Å². The summed E-state index contributed by atoms with van der Waals surface area (Å²) < 4.78 is 0. The molecule has 1 saturated heterocycles. The summed E-state index contributed by atoms with van der Waals surface area (Å²) in [7, 11) is 0. The Hall–Kier alpha value is -1.06. The Morgan fingerprint density at radius 1 is 1.53 bits per heavy atom. The SMILES string of the molecule is CCC1(C(=O)NC(C)c2ccccc2Cl)CCCN1. The molecular weight excluding hydrogens is 260 g/mol. The summed E-state index contributed by atoms with van der Waals surface area (Å²) in [5.41, 5.74) is 0.567. The van der Waals surface area contributed by atoms with E-state index in [0.29, 0.717) is 5.02 Å². The number of halogens is 1. The minimum atomic E-state index is -0.393. The number of benzene rings is 1. The first-order valence-electron chi connectivity index (χ1n) is 6.89. The zero-order valence-electron chi connectivity index (χ0n) is 11.5. The van der Waals surface area contributed by atoms with Crippen molar-refractivity contribution in [2.75, 3.05) is 6.54 Å². The van der Waals surface area contributed by atoms with Crippen molar-refractivity contribution >= 4 is 17.5 Å². The third-order valence-corrected chi connectivity index (χ3v) is 4.35. The van der Waals surface area contributed by atoms with Crippen LogP contribution in [0.25, 0.3) is 0 Å². The zero-order chi connectivity index (χ0) is 13.9. The summed E-state index contributed by atoms with van der Waals surface area (Å²) in [5, 5.41) is 7.13. The van der Waals surface area contributed by atoms with Gasteiger partial charge in [0.25, 0.3) is 0 Å². The van der Waals surface area contributed by atoms with Gasteiger partial charge in [0.2, 0.25) is 5.91 Å². The molecule has 2 N–H and O–H groups in total. The van der Waals surface area contributed by atoms with Gasteiger partial charge in [-0.05, 0) is 44.4 Å². The molecule has 2 atom stereocenters. The highest BCUT2D eigenvalue weighted by Gasteiger charge is 2.39. The molecule has 1 aliphatic heterocycles. The second kappa shape index (κ2) is 5.93. The quantitative estimate of drug-likeness (QED) is 0.890. The molecule has 104 valence electrons. The van der Waals surface area contributed by atoms with Crippen LogP contribution in [0.1, 0.15) is 44.7 Å². The number of carbonyl (C=O) groups is 1. The van der Waals surface area contributed by atoms with E-state index in [-0.39, 0.29) is 11.9 Å². The fraction of sp³-hybridized carbons (Fsp3) is 0.533. The lowest BCUT2D eigenvalue weighted by molar-refractivity contribution is -0.128. The molecule has 0 saturated carbocycles. The molecule has 4 heteroatoms. The number of hydrogen-bond donors (Lipinski definition) is 2. The molecule has 1 aromatic carbocycles. The van der Waals surface area contributed by atoms with Gasteiger partial charge in [0.05, 0.1) is 11.6 Å².